The molecule has 3 rings (SSSR count). The van der Waals surface area contributed by atoms with Gasteiger partial charge in [-0.25, -0.2) is 0 Å². The highest BCUT2D eigenvalue weighted by Crippen LogP contribution is 2.44. The third-order valence-electron chi connectivity index (χ3n) is 5.61. The quantitative estimate of drug-likeness (QED) is 0.880. The molecule has 2 aliphatic rings. The fraction of sp³-hybridized carbons (Fsp3) is 0.667. The minimum atomic E-state index is 0.221. The van der Waals surface area contributed by atoms with Crippen molar-refractivity contribution >= 4 is 0 Å². The maximum atomic E-state index is 6.32. The molecule has 0 radical (unpaired) electrons. The molecule has 1 fully saturated rings. The van der Waals surface area contributed by atoms with Crippen LogP contribution >= 0.6 is 0 Å². The van der Waals surface area contributed by atoms with Gasteiger partial charge < -0.3 is 5.73 Å². The van der Waals surface area contributed by atoms with Gasteiger partial charge in [0.25, 0.3) is 0 Å². The summed E-state index contributed by atoms with van der Waals surface area (Å²) >= 11 is 0. The molecule has 2 atom stereocenters. The predicted octanol–water partition coefficient (Wildman–Crippen LogP) is 4.03. The average molecular weight is 272 g/mol. The van der Waals surface area contributed by atoms with Crippen LogP contribution in [0.4, 0.5) is 0 Å². The number of benzene rings is 1. The lowest BCUT2D eigenvalue weighted by Crippen LogP contribution is -2.39. The van der Waals surface area contributed by atoms with Crippen LogP contribution in [0, 0.1) is 5.41 Å². The molecule has 1 aromatic carbocycles. The van der Waals surface area contributed by atoms with Crippen molar-refractivity contribution in [2.75, 3.05) is 7.05 Å². The van der Waals surface area contributed by atoms with Gasteiger partial charge in [-0.3, -0.25) is 4.90 Å². The minimum Gasteiger partial charge on any atom is -0.324 e. The monoisotopic (exact) mass is 272 g/mol. The number of hydrogen-bond acceptors (Lipinski definition) is 2. The van der Waals surface area contributed by atoms with Gasteiger partial charge in [-0.05, 0) is 55.7 Å². The van der Waals surface area contributed by atoms with Crippen LogP contribution in [-0.4, -0.2) is 18.0 Å². The van der Waals surface area contributed by atoms with Gasteiger partial charge in [-0.1, -0.05) is 38.1 Å². The molecule has 1 aromatic rings. The zero-order chi connectivity index (χ0) is 14.3. The molecule has 0 amide bonds. The number of nitrogens with zero attached hydrogens (tertiary/aromatic N) is 1. The van der Waals surface area contributed by atoms with Crippen LogP contribution in [0.3, 0.4) is 0 Å². The smallest absolute Gasteiger partial charge is 0.0369 e. The molecule has 2 N–H and O–H groups in total. The van der Waals surface area contributed by atoms with E-state index in [1.807, 2.05) is 0 Å². The molecular formula is C18H28N2. The van der Waals surface area contributed by atoms with Crippen LogP contribution in [0.2, 0.25) is 0 Å². The number of rotatable bonds is 2. The second kappa shape index (κ2) is 5.16. The summed E-state index contributed by atoms with van der Waals surface area (Å²) < 4.78 is 0. The summed E-state index contributed by atoms with van der Waals surface area (Å²) in [7, 11) is 2.31. The molecule has 110 valence electrons. The molecule has 0 aliphatic heterocycles. The average Bonchev–Trinajstić information content (AvgIpc) is 2.76. The van der Waals surface area contributed by atoms with Gasteiger partial charge in [0.15, 0.2) is 0 Å². The molecule has 2 nitrogen and oxygen atoms in total. The molecule has 1 saturated carbocycles. The first-order valence-corrected chi connectivity index (χ1v) is 8.04. The summed E-state index contributed by atoms with van der Waals surface area (Å²) in [5.41, 5.74) is 9.69. The van der Waals surface area contributed by atoms with E-state index in [0.29, 0.717) is 11.5 Å². The molecule has 2 unspecified atom stereocenters. The first-order chi connectivity index (χ1) is 9.48. The van der Waals surface area contributed by atoms with Gasteiger partial charge in [-0.15, -0.1) is 0 Å². The summed E-state index contributed by atoms with van der Waals surface area (Å²) in [6.07, 6.45) is 6.44. The van der Waals surface area contributed by atoms with Crippen LogP contribution in [0.5, 0.6) is 0 Å². The lowest BCUT2D eigenvalue weighted by atomic mass is 9.75. The SMILES string of the molecule is CN(C1CCC(C)(C)CC1)C1CC(N)c2ccccc21. The van der Waals surface area contributed by atoms with Crippen molar-refractivity contribution in [2.24, 2.45) is 11.1 Å². The van der Waals surface area contributed by atoms with Gasteiger partial charge in [0.1, 0.15) is 0 Å². The normalized spacial score (nSPS) is 29.6. The maximum absolute atomic E-state index is 6.32. The van der Waals surface area contributed by atoms with E-state index >= 15 is 0 Å². The highest BCUT2D eigenvalue weighted by atomic mass is 15.2. The van der Waals surface area contributed by atoms with Gasteiger partial charge in [0.2, 0.25) is 0 Å². The molecule has 0 aromatic heterocycles. The third-order valence-corrected chi connectivity index (χ3v) is 5.61. The van der Waals surface area contributed by atoms with Crippen molar-refractivity contribution in [1.29, 1.82) is 0 Å². The van der Waals surface area contributed by atoms with Crippen molar-refractivity contribution in [2.45, 2.75) is 64.1 Å². The zero-order valence-corrected chi connectivity index (χ0v) is 13.1. The van der Waals surface area contributed by atoms with E-state index in [1.165, 1.54) is 36.8 Å². The largest absolute Gasteiger partial charge is 0.324 e. The molecule has 0 heterocycles. The van der Waals surface area contributed by atoms with E-state index in [9.17, 15) is 0 Å². The summed E-state index contributed by atoms with van der Waals surface area (Å²) in [5.74, 6) is 0. The Labute approximate surface area is 123 Å². The van der Waals surface area contributed by atoms with Crippen LogP contribution in [0.15, 0.2) is 24.3 Å². The molecule has 0 bridgehead atoms. The van der Waals surface area contributed by atoms with Gasteiger partial charge >= 0.3 is 0 Å². The van der Waals surface area contributed by atoms with Crippen LogP contribution < -0.4 is 5.73 Å². The Morgan fingerprint density at radius 2 is 1.70 bits per heavy atom. The van der Waals surface area contributed by atoms with Crippen molar-refractivity contribution in [3.63, 3.8) is 0 Å². The van der Waals surface area contributed by atoms with E-state index in [4.69, 9.17) is 5.73 Å². The van der Waals surface area contributed by atoms with E-state index in [2.05, 4.69) is 50.1 Å². The van der Waals surface area contributed by atoms with Crippen molar-refractivity contribution in [3.8, 4) is 0 Å². The molecule has 2 aliphatic carbocycles. The fourth-order valence-corrected chi connectivity index (χ4v) is 4.08. The van der Waals surface area contributed by atoms with Gasteiger partial charge in [0, 0.05) is 18.1 Å². The van der Waals surface area contributed by atoms with E-state index in [-0.39, 0.29) is 6.04 Å². The Hall–Kier alpha value is -0.860. The first-order valence-electron chi connectivity index (χ1n) is 8.04. The minimum absolute atomic E-state index is 0.221. The molecular weight excluding hydrogens is 244 g/mol. The Morgan fingerprint density at radius 3 is 2.35 bits per heavy atom. The second-order valence-corrected chi connectivity index (χ2v) is 7.55. The standard InChI is InChI=1S/C18H28N2/c1-18(2)10-8-13(9-11-18)20(3)17-12-16(19)14-6-4-5-7-15(14)17/h4-7,13,16-17H,8-12,19H2,1-3H3. The summed E-state index contributed by atoms with van der Waals surface area (Å²) in [4.78, 5) is 2.61. The Bertz CT molecular complexity index is 470. The van der Waals surface area contributed by atoms with Crippen molar-refractivity contribution in [1.82, 2.24) is 4.90 Å². The van der Waals surface area contributed by atoms with Crippen LogP contribution in [-0.2, 0) is 0 Å². The number of fused-ring (bicyclic) bond motifs is 1. The van der Waals surface area contributed by atoms with E-state index < -0.39 is 0 Å². The predicted molar refractivity (Wildman–Crippen MR) is 84.5 cm³/mol. The Kier molecular flexibility index (Phi) is 3.64. The number of hydrogen-bond donors (Lipinski definition) is 1. The molecule has 0 saturated heterocycles. The van der Waals surface area contributed by atoms with E-state index in [0.717, 1.165) is 12.5 Å². The molecule has 20 heavy (non-hydrogen) atoms. The molecule has 0 spiro atoms. The highest BCUT2D eigenvalue weighted by molar-refractivity contribution is 5.37. The van der Waals surface area contributed by atoms with Crippen molar-refractivity contribution in [3.05, 3.63) is 35.4 Å². The zero-order valence-electron chi connectivity index (χ0n) is 13.1. The van der Waals surface area contributed by atoms with Gasteiger partial charge in [-0.2, -0.15) is 0 Å². The lowest BCUT2D eigenvalue weighted by Gasteiger charge is -2.41. The second-order valence-electron chi connectivity index (χ2n) is 7.55. The highest BCUT2D eigenvalue weighted by Gasteiger charge is 2.36. The molecule has 2 heteroatoms. The summed E-state index contributed by atoms with van der Waals surface area (Å²) in [5, 5.41) is 0. The van der Waals surface area contributed by atoms with Crippen LogP contribution in [0.25, 0.3) is 0 Å². The van der Waals surface area contributed by atoms with E-state index in [1.54, 1.807) is 0 Å². The summed E-state index contributed by atoms with van der Waals surface area (Å²) in [6.45, 7) is 4.81. The Morgan fingerprint density at radius 1 is 1.10 bits per heavy atom. The summed E-state index contributed by atoms with van der Waals surface area (Å²) in [6, 6.07) is 10.2. The van der Waals surface area contributed by atoms with Crippen LogP contribution in [0.1, 0.15) is 69.2 Å². The third kappa shape index (κ3) is 2.51. The van der Waals surface area contributed by atoms with Crippen molar-refractivity contribution < 1.29 is 0 Å². The number of nitrogens with two attached hydrogens (primary N) is 1. The fourth-order valence-electron chi connectivity index (χ4n) is 4.08. The Balaban J connectivity index is 1.74. The lowest BCUT2D eigenvalue weighted by molar-refractivity contribution is 0.0925. The topological polar surface area (TPSA) is 29.3 Å². The first kappa shape index (κ1) is 14.1. The maximum Gasteiger partial charge on any atom is 0.0369 e. The van der Waals surface area contributed by atoms with Gasteiger partial charge in [0.05, 0.1) is 0 Å².